The van der Waals surface area contributed by atoms with E-state index in [1.54, 1.807) is 12.1 Å². The number of halogens is 4. The van der Waals surface area contributed by atoms with Crippen LogP contribution >= 0.6 is 11.6 Å². The monoisotopic (exact) mass is 581 g/mol. The molecule has 2 aromatic carbocycles. The van der Waals surface area contributed by atoms with E-state index >= 15 is 0 Å². The molecule has 216 valence electrons. The van der Waals surface area contributed by atoms with Gasteiger partial charge in [-0.3, -0.25) is 4.79 Å². The number of nitrogens with zero attached hydrogens (tertiary/aromatic N) is 3. The van der Waals surface area contributed by atoms with Crippen molar-refractivity contribution in [2.24, 2.45) is 5.92 Å². The Kier molecular flexibility index (Phi) is 10.4. The standard InChI is InChI=1S/C25H30ClN5O2.C2HF3O2/c1-31(2)24-19-5-3-4-6-21(19)29-25(30-24)28-18-10-7-16(8-11-18)15-27-23(33)14-17-9-12-22(32)20(26)13-17;3-2(4,5)1(6)7/h3-6,9,12-13,16,18,32H,7-8,10-11,14-15H2,1-2H3,(H,27,33)(H,28,29,30);(H,6,7). The molecule has 4 rings (SSSR count). The Morgan fingerprint density at radius 2 is 1.73 bits per heavy atom. The van der Waals surface area contributed by atoms with E-state index in [0.717, 1.165) is 48.0 Å². The van der Waals surface area contributed by atoms with Gasteiger partial charge in [-0.2, -0.15) is 18.2 Å². The summed E-state index contributed by atoms with van der Waals surface area (Å²) >= 11 is 5.92. The molecule has 3 aromatic rings. The molecule has 0 radical (unpaired) electrons. The predicted octanol–water partition coefficient (Wildman–Crippen LogP) is 5.02. The number of aliphatic carboxylic acids is 1. The second-order valence-electron chi connectivity index (χ2n) is 9.71. The number of aromatic hydroxyl groups is 1. The number of rotatable bonds is 7. The molecule has 1 amide bonds. The number of carboxylic acids is 1. The third kappa shape index (κ3) is 8.87. The number of phenolic OH excluding ortho intramolecular Hbond substituents is 1. The van der Waals surface area contributed by atoms with Crippen LogP contribution in [0.25, 0.3) is 10.9 Å². The maximum absolute atomic E-state index is 12.3. The van der Waals surface area contributed by atoms with Gasteiger partial charge in [0.25, 0.3) is 0 Å². The Morgan fingerprint density at radius 1 is 1.07 bits per heavy atom. The Bertz CT molecular complexity index is 1330. The van der Waals surface area contributed by atoms with Crippen molar-refractivity contribution in [1.29, 1.82) is 0 Å². The molecular weight excluding hydrogens is 551 g/mol. The molecule has 1 aliphatic carbocycles. The van der Waals surface area contributed by atoms with Crippen molar-refractivity contribution in [3.05, 3.63) is 53.1 Å². The van der Waals surface area contributed by atoms with E-state index in [1.807, 2.05) is 43.3 Å². The number of alkyl halides is 3. The number of fused-ring (bicyclic) bond motifs is 1. The first-order chi connectivity index (χ1) is 18.8. The molecule has 4 N–H and O–H groups in total. The summed E-state index contributed by atoms with van der Waals surface area (Å²) in [5.74, 6) is -0.718. The molecule has 1 fully saturated rings. The maximum atomic E-state index is 12.3. The van der Waals surface area contributed by atoms with E-state index in [-0.39, 0.29) is 23.1 Å². The lowest BCUT2D eigenvalue weighted by atomic mass is 9.86. The molecular formula is C27H31ClF3N5O4. The summed E-state index contributed by atoms with van der Waals surface area (Å²) in [5.41, 5.74) is 1.72. The zero-order valence-corrected chi connectivity index (χ0v) is 22.8. The minimum absolute atomic E-state index is 0.0261. The number of benzene rings is 2. The molecule has 0 bridgehead atoms. The van der Waals surface area contributed by atoms with Crippen molar-refractivity contribution >= 4 is 46.1 Å². The molecule has 0 spiro atoms. The zero-order valence-electron chi connectivity index (χ0n) is 22.0. The Balaban J connectivity index is 0.000000559. The van der Waals surface area contributed by atoms with Gasteiger partial charge in [0.2, 0.25) is 11.9 Å². The van der Waals surface area contributed by atoms with Gasteiger partial charge < -0.3 is 25.7 Å². The summed E-state index contributed by atoms with van der Waals surface area (Å²) < 4.78 is 31.7. The lowest BCUT2D eigenvalue weighted by Crippen LogP contribution is -2.34. The SMILES string of the molecule is CN(C)c1nc(NC2CCC(CNC(=O)Cc3ccc(O)c(Cl)c3)CC2)nc2ccccc12.O=C(O)C(F)(F)F. The first-order valence-electron chi connectivity index (χ1n) is 12.6. The maximum Gasteiger partial charge on any atom is 0.490 e. The molecule has 40 heavy (non-hydrogen) atoms. The lowest BCUT2D eigenvalue weighted by Gasteiger charge is -2.29. The van der Waals surface area contributed by atoms with Gasteiger partial charge in [-0.05, 0) is 61.4 Å². The smallest absolute Gasteiger partial charge is 0.490 e. The van der Waals surface area contributed by atoms with Gasteiger partial charge in [0, 0.05) is 32.1 Å². The normalized spacial score (nSPS) is 16.9. The molecule has 1 saturated carbocycles. The van der Waals surface area contributed by atoms with Crippen molar-refractivity contribution < 1.29 is 33.0 Å². The topological polar surface area (TPSA) is 128 Å². The van der Waals surface area contributed by atoms with Crippen LogP contribution in [0.4, 0.5) is 24.9 Å². The summed E-state index contributed by atoms with van der Waals surface area (Å²) in [7, 11) is 3.99. The molecule has 0 unspecified atom stereocenters. The average molecular weight is 582 g/mol. The van der Waals surface area contributed by atoms with E-state index in [2.05, 4.69) is 10.6 Å². The van der Waals surface area contributed by atoms with E-state index in [4.69, 9.17) is 31.5 Å². The number of carbonyl (C=O) groups excluding carboxylic acids is 1. The number of para-hydroxylation sites is 1. The van der Waals surface area contributed by atoms with Crippen LogP contribution < -0.4 is 15.5 Å². The van der Waals surface area contributed by atoms with Crippen molar-refractivity contribution in [1.82, 2.24) is 15.3 Å². The highest BCUT2D eigenvalue weighted by molar-refractivity contribution is 6.32. The summed E-state index contributed by atoms with van der Waals surface area (Å²) in [6, 6.07) is 13.2. The van der Waals surface area contributed by atoms with Gasteiger partial charge in [0.1, 0.15) is 11.6 Å². The molecule has 1 aromatic heterocycles. The van der Waals surface area contributed by atoms with Crippen LogP contribution in [-0.4, -0.2) is 64.9 Å². The van der Waals surface area contributed by atoms with Crippen molar-refractivity contribution in [2.45, 2.75) is 44.3 Å². The van der Waals surface area contributed by atoms with Gasteiger partial charge in [0.15, 0.2) is 0 Å². The van der Waals surface area contributed by atoms with Crippen LogP contribution in [0.5, 0.6) is 5.75 Å². The summed E-state index contributed by atoms with van der Waals surface area (Å²) in [6.45, 7) is 0.675. The van der Waals surface area contributed by atoms with Gasteiger partial charge in [-0.15, -0.1) is 0 Å². The molecule has 1 aliphatic rings. The Labute approximate surface area is 234 Å². The number of carbonyl (C=O) groups is 2. The lowest BCUT2D eigenvalue weighted by molar-refractivity contribution is -0.192. The number of anilines is 2. The Hall–Kier alpha value is -3.80. The number of amides is 1. The van der Waals surface area contributed by atoms with Crippen molar-refractivity contribution in [3.8, 4) is 5.75 Å². The van der Waals surface area contributed by atoms with Crippen LogP contribution in [0.15, 0.2) is 42.5 Å². The molecule has 9 nitrogen and oxygen atoms in total. The highest BCUT2D eigenvalue weighted by Crippen LogP contribution is 2.28. The second kappa shape index (κ2) is 13.5. The van der Waals surface area contributed by atoms with Gasteiger partial charge in [-0.25, -0.2) is 9.78 Å². The van der Waals surface area contributed by atoms with Crippen LogP contribution in [0, 0.1) is 5.92 Å². The van der Waals surface area contributed by atoms with Crippen molar-refractivity contribution in [3.63, 3.8) is 0 Å². The fraction of sp³-hybridized carbons (Fsp3) is 0.407. The fourth-order valence-corrected chi connectivity index (χ4v) is 4.53. The molecule has 0 aliphatic heterocycles. The van der Waals surface area contributed by atoms with Crippen LogP contribution in [0.1, 0.15) is 31.2 Å². The summed E-state index contributed by atoms with van der Waals surface area (Å²) in [4.78, 5) is 32.7. The van der Waals surface area contributed by atoms with E-state index < -0.39 is 12.1 Å². The number of carboxylic acid groups (broad SMARTS) is 1. The van der Waals surface area contributed by atoms with Gasteiger partial charge >= 0.3 is 12.1 Å². The summed E-state index contributed by atoms with van der Waals surface area (Å²) in [5, 5.41) is 24.5. The first kappa shape index (κ1) is 30.7. The third-order valence-corrected chi connectivity index (χ3v) is 6.70. The second-order valence-corrected chi connectivity index (χ2v) is 10.1. The zero-order chi connectivity index (χ0) is 29.4. The van der Waals surface area contributed by atoms with E-state index in [0.29, 0.717) is 24.5 Å². The van der Waals surface area contributed by atoms with Gasteiger partial charge in [0.05, 0.1) is 17.0 Å². The van der Waals surface area contributed by atoms with Crippen LogP contribution in [0.3, 0.4) is 0 Å². The third-order valence-electron chi connectivity index (χ3n) is 6.39. The minimum Gasteiger partial charge on any atom is -0.506 e. The molecule has 0 saturated heterocycles. The van der Waals surface area contributed by atoms with Gasteiger partial charge in [-0.1, -0.05) is 29.8 Å². The number of hydrogen-bond donors (Lipinski definition) is 4. The molecule has 0 atom stereocenters. The number of phenols is 1. The average Bonchev–Trinajstić information content (AvgIpc) is 2.89. The predicted molar refractivity (Wildman–Crippen MR) is 147 cm³/mol. The van der Waals surface area contributed by atoms with Crippen LogP contribution in [0.2, 0.25) is 5.02 Å². The minimum atomic E-state index is -5.08. The highest BCUT2D eigenvalue weighted by Gasteiger charge is 2.38. The molecule has 13 heteroatoms. The number of aromatic nitrogens is 2. The van der Waals surface area contributed by atoms with Crippen molar-refractivity contribution in [2.75, 3.05) is 30.9 Å². The largest absolute Gasteiger partial charge is 0.506 e. The van der Waals surface area contributed by atoms with E-state index in [9.17, 15) is 23.1 Å². The Morgan fingerprint density at radius 3 is 2.33 bits per heavy atom. The quantitative estimate of drug-likeness (QED) is 0.306. The molecule has 1 heterocycles. The number of hydrogen-bond acceptors (Lipinski definition) is 7. The summed E-state index contributed by atoms with van der Waals surface area (Å²) in [6.07, 6.45) is -0.720. The fourth-order valence-electron chi connectivity index (χ4n) is 4.33. The van der Waals surface area contributed by atoms with E-state index in [1.165, 1.54) is 6.07 Å². The first-order valence-corrected chi connectivity index (χ1v) is 13.0. The van der Waals surface area contributed by atoms with Crippen LogP contribution in [-0.2, 0) is 16.0 Å². The highest BCUT2D eigenvalue weighted by atomic mass is 35.5. The number of nitrogens with one attached hydrogen (secondary N) is 2.